The standard InChI is InChI=1S/C22H26FN5O2/c1-4-21-19(13-24-28(21)18-7-5-17(23)6-8-18)22(29)27-11-9-26(10-12-27)14-20-15(2)25-30-16(20)3/h5-8,13H,4,9-12,14H2,1-3H3. The van der Waals surface area contributed by atoms with Crippen LogP contribution in [0.1, 0.15) is 40.0 Å². The van der Waals surface area contributed by atoms with Crippen LogP contribution in [-0.2, 0) is 13.0 Å². The highest BCUT2D eigenvalue weighted by molar-refractivity contribution is 5.95. The lowest BCUT2D eigenvalue weighted by atomic mass is 10.1. The fourth-order valence-corrected chi connectivity index (χ4v) is 3.93. The molecule has 0 aliphatic carbocycles. The Balaban J connectivity index is 1.45. The summed E-state index contributed by atoms with van der Waals surface area (Å²) in [5.74, 6) is 0.554. The van der Waals surface area contributed by atoms with Crippen LogP contribution in [0.2, 0.25) is 0 Å². The average molecular weight is 411 g/mol. The second kappa shape index (κ2) is 8.39. The number of hydrogen-bond acceptors (Lipinski definition) is 5. The molecule has 1 amide bonds. The summed E-state index contributed by atoms with van der Waals surface area (Å²) in [6.07, 6.45) is 2.28. The first-order valence-corrected chi connectivity index (χ1v) is 10.2. The molecule has 3 aromatic rings. The highest BCUT2D eigenvalue weighted by Crippen LogP contribution is 2.20. The molecule has 4 rings (SSSR count). The molecule has 0 atom stereocenters. The molecule has 0 spiro atoms. The number of aryl methyl sites for hydroxylation is 2. The molecule has 1 saturated heterocycles. The molecule has 158 valence electrons. The SMILES string of the molecule is CCc1c(C(=O)N2CCN(Cc3c(C)noc3C)CC2)cnn1-c1ccc(F)cc1. The van der Waals surface area contributed by atoms with Gasteiger partial charge in [-0.1, -0.05) is 12.1 Å². The molecule has 1 aliphatic heterocycles. The molecule has 0 radical (unpaired) electrons. The van der Waals surface area contributed by atoms with Gasteiger partial charge < -0.3 is 9.42 Å². The van der Waals surface area contributed by atoms with E-state index in [1.54, 1.807) is 23.0 Å². The van der Waals surface area contributed by atoms with E-state index < -0.39 is 0 Å². The number of rotatable bonds is 5. The minimum atomic E-state index is -0.297. The van der Waals surface area contributed by atoms with Crippen molar-refractivity contribution in [2.24, 2.45) is 0 Å². The first kappa shape index (κ1) is 20.3. The quantitative estimate of drug-likeness (QED) is 0.645. The Bertz CT molecular complexity index is 1010. The Morgan fingerprint density at radius 1 is 1.13 bits per heavy atom. The van der Waals surface area contributed by atoms with Gasteiger partial charge in [0.1, 0.15) is 11.6 Å². The zero-order valence-electron chi connectivity index (χ0n) is 17.6. The van der Waals surface area contributed by atoms with Crippen LogP contribution >= 0.6 is 0 Å². The van der Waals surface area contributed by atoms with E-state index in [0.717, 1.165) is 48.0 Å². The molecular formula is C22H26FN5O2. The third-order valence-electron chi connectivity index (χ3n) is 5.73. The minimum Gasteiger partial charge on any atom is -0.361 e. The van der Waals surface area contributed by atoms with Gasteiger partial charge in [0.25, 0.3) is 5.91 Å². The summed E-state index contributed by atoms with van der Waals surface area (Å²) in [6, 6.07) is 6.14. The third kappa shape index (κ3) is 3.87. The summed E-state index contributed by atoms with van der Waals surface area (Å²) in [6.45, 7) is 9.57. The van der Waals surface area contributed by atoms with Gasteiger partial charge >= 0.3 is 0 Å². The van der Waals surface area contributed by atoms with Crippen molar-refractivity contribution in [3.63, 3.8) is 0 Å². The van der Waals surface area contributed by atoms with E-state index >= 15 is 0 Å². The van der Waals surface area contributed by atoms with E-state index in [4.69, 9.17) is 4.52 Å². The largest absolute Gasteiger partial charge is 0.361 e. The normalized spacial score (nSPS) is 15.0. The Hall–Kier alpha value is -3.00. The molecule has 8 heteroatoms. The van der Waals surface area contributed by atoms with Crippen LogP contribution in [0.5, 0.6) is 0 Å². The van der Waals surface area contributed by atoms with E-state index in [9.17, 15) is 9.18 Å². The van der Waals surface area contributed by atoms with Crippen molar-refractivity contribution in [1.29, 1.82) is 0 Å². The number of aromatic nitrogens is 3. The number of hydrogen-bond donors (Lipinski definition) is 0. The van der Waals surface area contributed by atoms with Crippen molar-refractivity contribution in [3.8, 4) is 5.69 Å². The van der Waals surface area contributed by atoms with Crippen molar-refractivity contribution in [3.05, 3.63) is 64.6 Å². The van der Waals surface area contributed by atoms with E-state index in [2.05, 4.69) is 15.2 Å². The lowest BCUT2D eigenvalue weighted by Crippen LogP contribution is -2.48. The maximum Gasteiger partial charge on any atom is 0.257 e. The maximum atomic E-state index is 13.3. The van der Waals surface area contributed by atoms with Gasteiger partial charge in [-0.25, -0.2) is 9.07 Å². The van der Waals surface area contributed by atoms with E-state index in [1.165, 1.54) is 12.1 Å². The molecule has 7 nitrogen and oxygen atoms in total. The second-order valence-electron chi connectivity index (χ2n) is 7.62. The second-order valence-corrected chi connectivity index (χ2v) is 7.62. The molecule has 1 aliphatic rings. The van der Waals surface area contributed by atoms with Crippen LogP contribution < -0.4 is 0 Å². The van der Waals surface area contributed by atoms with Gasteiger partial charge in [-0.2, -0.15) is 5.10 Å². The summed E-state index contributed by atoms with van der Waals surface area (Å²) < 4.78 is 20.2. The van der Waals surface area contributed by atoms with Crippen LogP contribution in [0, 0.1) is 19.7 Å². The van der Waals surface area contributed by atoms with Gasteiger partial charge in [0.2, 0.25) is 0 Å². The minimum absolute atomic E-state index is 0.00259. The maximum absolute atomic E-state index is 13.3. The Morgan fingerprint density at radius 3 is 2.43 bits per heavy atom. The van der Waals surface area contributed by atoms with Crippen LogP contribution in [-0.4, -0.2) is 56.8 Å². The Kier molecular flexibility index (Phi) is 5.67. The molecule has 1 aromatic carbocycles. The molecule has 0 saturated carbocycles. The molecular weight excluding hydrogens is 385 g/mol. The molecule has 0 bridgehead atoms. The predicted octanol–water partition coefficient (Wildman–Crippen LogP) is 3.14. The molecule has 0 N–H and O–H groups in total. The zero-order valence-corrected chi connectivity index (χ0v) is 17.6. The van der Waals surface area contributed by atoms with Gasteiger partial charge in [0, 0.05) is 38.3 Å². The topological polar surface area (TPSA) is 67.4 Å². The number of carbonyl (C=O) groups is 1. The zero-order chi connectivity index (χ0) is 21.3. The van der Waals surface area contributed by atoms with Crippen molar-refractivity contribution < 1.29 is 13.7 Å². The molecule has 0 unspecified atom stereocenters. The lowest BCUT2D eigenvalue weighted by Gasteiger charge is -2.34. The van der Waals surface area contributed by atoms with Crippen LogP contribution in [0.3, 0.4) is 0 Å². The number of halogens is 1. The predicted molar refractivity (Wildman–Crippen MR) is 110 cm³/mol. The molecule has 3 heterocycles. The summed E-state index contributed by atoms with van der Waals surface area (Å²) in [4.78, 5) is 17.4. The Labute approximate surface area is 175 Å². The fourth-order valence-electron chi connectivity index (χ4n) is 3.93. The fraction of sp³-hybridized carbons (Fsp3) is 0.409. The van der Waals surface area contributed by atoms with E-state index in [1.807, 2.05) is 25.7 Å². The molecule has 2 aromatic heterocycles. The van der Waals surface area contributed by atoms with Crippen LogP contribution in [0.25, 0.3) is 5.69 Å². The molecule has 30 heavy (non-hydrogen) atoms. The average Bonchev–Trinajstić information content (AvgIpc) is 3.33. The van der Waals surface area contributed by atoms with Gasteiger partial charge in [0.15, 0.2) is 0 Å². The van der Waals surface area contributed by atoms with Crippen molar-refractivity contribution in [2.75, 3.05) is 26.2 Å². The van der Waals surface area contributed by atoms with Crippen molar-refractivity contribution in [2.45, 2.75) is 33.7 Å². The smallest absolute Gasteiger partial charge is 0.257 e. The first-order valence-electron chi connectivity index (χ1n) is 10.2. The first-order chi connectivity index (χ1) is 14.5. The number of piperazine rings is 1. The highest BCUT2D eigenvalue weighted by Gasteiger charge is 2.26. The van der Waals surface area contributed by atoms with Gasteiger partial charge in [-0.15, -0.1) is 0 Å². The summed E-state index contributed by atoms with van der Waals surface area (Å²) in [7, 11) is 0. The van der Waals surface area contributed by atoms with Crippen molar-refractivity contribution in [1.82, 2.24) is 24.7 Å². The van der Waals surface area contributed by atoms with Gasteiger partial charge in [0.05, 0.1) is 28.8 Å². The number of amides is 1. The molecule has 1 fully saturated rings. The van der Waals surface area contributed by atoms with Crippen LogP contribution in [0.15, 0.2) is 35.0 Å². The third-order valence-corrected chi connectivity index (χ3v) is 5.73. The van der Waals surface area contributed by atoms with E-state index in [-0.39, 0.29) is 11.7 Å². The van der Waals surface area contributed by atoms with Gasteiger partial charge in [-0.05, 0) is 44.5 Å². The number of nitrogens with zero attached hydrogens (tertiary/aromatic N) is 5. The Morgan fingerprint density at radius 2 is 1.83 bits per heavy atom. The monoisotopic (exact) mass is 411 g/mol. The van der Waals surface area contributed by atoms with E-state index in [0.29, 0.717) is 25.1 Å². The summed E-state index contributed by atoms with van der Waals surface area (Å²) in [5, 5.41) is 8.43. The number of carbonyl (C=O) groups excluding carboxylic acids is 1. The lowest BCUT2D eigenvalue weighted by molar-refractivity contribution is 0.0626. The number of benzene rings is 1. The summed E-state index contributed by atoms with van der Waals surface area (Å²) in [5.41, 5.74) is 4.25. The van der Waals surface area contributed by atoms with Crippen LogP contribution in [0.4, 0.5) is 4.39 Å². The summed E-state index contributed by atoms with van der Waals surface area (Å²) >= 11 is 0. The van der Waals surface area contributed by atoms with Gasteiger partial charge in [-0.3, -0.25) is 9.69 Å². The highest BCUT2D eigenvalue weighted by atomic mass is 19.1. The van der Waals surface area contributed by atoms with Crippen molar-refractivity contribution >= 4 is 5.91 Å².